The molecule has 1 aromatic carbocycles. The largest absolute Gasteiger partial charge is 0.493 e. The number of nitrogens with zero attached hydrogens (tertiary/aromatic N) is 4. The van der Waals surface area contributed by atoms with Crippen molar-refractivity contribution in [3.63, 3.8) is 0 Å². The van der Waals surface area contributed by atoms with E-state index in [2.05, 4.69) is 15.3 Å². The van der Waals surface area contributed by atoms with Crippen molar-refractivity contribution in [1.82, 2.24) is 19.7 Å². The Morgan fingerprint density at radius 2 is 2.00 bits per heavy atom. The summed E-state index contributed by atoms with van der Waals surface area (Å²) >= 11 is 0. The zero-order chi connectivity index (χ0) is 20.7. The lowest BCUT2D eigenvalue weighted by Crippen LogP contribution is -2.31. The first kappa shape index (κ1) is 18.4. The fourth-order valence-electron chi connectivity index (χ4n) is 4.10. The van der Waals surface area contributed by atoms with Gasteiger partial charge >= 0.3 is 0 Å². The third-order valence-corrected chi connectivity index (χ3v) is 5.51. The molecule has 3 heterocycles. The number of carbonyl (C=O) groups excluding carboxylic acids is 1. The van der Waals surface area contributed by atoms with Crippen LogP contribution in [0.2, 0.25) is 0 Å². The summed E-state index contributed by atoms with van der Waals surface area (Å²) in [4.78, 5) is 21.8. The van der Waals surface area contributed by atoms with Gasteiger partial charge < -0.3 is 14.8 Å². The number of benzene rings is 1. The Morgan fingerprint density at radius 3 is 2.77 bits per heavy atom. The van der Waals surface area contributed by atoms with E-state index in [-0.39, 0.29) is 11.8 Å². The van der Waals surface area contributed by atoms with Gasteiger partial charge in [-0.15, -0.1) is 5.10 Å². The Hall–Kier alpha value is -3.68. The highest BCUT2D eigenvalue weighted by Crippen LogP contribution is 2.42. The molecule has 2 aromatic heterocycles. The quantitative estimate of drug-likeness (QED) is 0.714. The molecule has 8 heteroatoms. The Bertz CT molecular complexity index is 1150. The summed E-state index contributed by atoms with van der Waals surface area (Å²) in [5.74, 6) is 2.54. The van der Waals surface area contributed by atoms with Gasteiger partial charge in [-0.25, -0.2) is 4.68 Å². The number of hydrogen-bond donors (Lipinski definition) is 1. The van der Waals surface area contributed by atoms with E-state index in [0.29, 0.717) is 29.7 Å². The number of nitrogens with one attached hydrogen (secondary N) is 1. The number of Topliss-reactive ketones (excluding diaryl/α,β-unsaturated/α-hetero) is 1. The zero-order valence-electron chi connectivity index (χ0n) is 16.8. The van der Waals surface area contributed by atoms with E-state index in [4.69, 9.17) is 14.6 Å². The van der Waals surface area contributed by atoms with Crippen molar-refractivity contribution in [2.75, 3.05) is 19.5 Å². The first-order chi connectivity index (χ1) is 14.7. The topological polar surface area (TPSA) is 91.2 Å². The maximum Gasteiger partial charge on any atom is 0.226 e. The van der Waals surface area contributed by atoms with Crippen LogP contribution in [0.15, 0.2) is 54.0 Å². The molecule has 0 saturated carbocycles. The highest BCUT2D eigenvalue weighted by atomic mass is 16.5. The van der Waals surface area contributed by atoms with Crippen LogP contribution in [0.25, 0.3) is 11.4 Å². The molecule has 1 unspecified atom stereocenters. The molecular formula is C22H21N5O3. The minimum atomic E-state index is -0.387. The van der Waals surface area contributed by atoms with E-state index in [0.717, 1.165) is 35.2 Å². The second-order valence-electron chi connectivity index (χ2n) is 7.26. The lowest BCUT2D eigenvalue weighted by molar-refractivity contribution is -0.116. The maximum absolute atomic E-state index is 13.0. The molecule has 0 fully saturated rings. The molecule has 1 atom stereocenters. The monoisotopic (exact) mass is 403 g/mol. The van der Waals surface area contributed by atoms with Gasteiger partial charge in [-0.05, 0) is 42.7 Å². The van der Waals surface area contributed by atoms with Crippen LogP contribution >= 0.6 is 0 Å². The zero-order valence-corrected chi connectivity index (χ0v) is 16.8. The van der Waals surface area contributed by atoms with Crippen LogP contribution in [0.3, 0.4) is 0 Å². The van der Waals surface area contributed by atoms with Crippen LogP contribution in [-0.2, 0) is 4.79 Å². The molecule has 0 bridgehead atoms. The number of aromatic nitrogens is 4. The van der Waals surface area contributed by atoms with Gasteiger partial charge in [0.1, 0.15) is 6.04 Å². The molecule has 1 aliphatic carbocycles. The normalized spacial score (nSPS) is 17.8. The number of pyridine rings is 1. The number of ether oxygens (including phenoxy) is 2. The fraction of sp³-hybridized carbons (Fsp3) is 0.273. The number of anilines is 1. The highest BCUT2D eigenvalue weighted by Gasteiger charge is 2.37. The summed E-state index contributed by atoms with van der Waals surface area (Å²) in [5, 5.41) is 8.09. The van der Waals surface area contributed by atoms with Crippen LogP contribution < -0.4 is 14.8 Å². The number of hydrogen-bond acceptors (Lipinski definition) is 7. The molecule has 3 aromatic rings. The predicted molar refractivity (Wildman–Crippen MR) is 110 cm³/mol. The van der Waals surface area contributed by atoms with E-state index >= 15 is 0 Å². The average molecular weight is 403 g/mol. The van der Waals surface area contributed by atoms with Crippen molar-refractivity contribution >= 4 is 11.7 Å². The van der Waals surface area contributed by atoms with Crippen LogP contribution in [0.4, 0.5) is 5.95 Å². The van der Waals surface area contributed by atoms with Gasteiger partial charge in [-0.3, -0.25) is 9.78 Å². The summed E-state index contributed by atoms with van der Waals surface area (Å²) < 4.78 is 12.7. The molecule has 5 rings (SSSR count). The van der Waals surface area contributed by atoms with Gasteiger partial charge in [0.2, 0.25) is 5.95 Å². The smallest absolute Gasteiger partial charge is 0.226 e. The maximum atomic E-state index is 13.0. The van der Waals surface area contributed by atoms with E-state index in [1.54, 1.807) is 31.3 Å². The van der Waals surface area contributed by atoms with Gasteiger partial charge in [0.15, 0.2) is 23.1 Å². The van der Waals surface area contributed by atoms with Crippen LogP contribution in [0, 0.1) is 0 Å². The molecule has 152 valence electrons. The van der Waals surface area contributed by atoms with Crippen molar-refractivity contribution in [3.05, 3.63) is 59.6 Å². The van der Waals surface area contributed by atoms with E-state index in [1.807, 2.05) is 30.3 Å². The number of allylic oxidation sites excluding steroid dienone is 2. The third-order valence-electron chi connectivity index (χ3n) is 5.51. The van der Waals surface area contributed by atoms with Gasteiger partial charge in [-0.1, -0.05) is 6.07 Å². The van der Waals surface area contributed by atoms with Crippen molar-refractivity contribution in [1.29, 1.82) is 0 Å². The Balaban J connectivity index is 1.68. The molecule has 8 nitrogen and oxygen atoms in total. The third kappa shape index (κ3) is 2.92. The Labute approximate surface area is 173 Å². The number of fused-ring (bicyclic) bond motifs is 1. The second-order valence-corrected chi connectivity index (χ2v) is 7.26. The van der Waals surface area contributed by atoms with Gasteiger partial charge in [0.25, 0.3) is 0 Å². The second kappa shape index (κ2) is 7.29. The lowest BCUT2D eigenvalue weighted by Gasteiger charge is -2.32. The molecule has 0 radical (unpaired) electrons. The Kier molecular flexibility index (Phi) is 4.46. The number of carbonyl (C=O) groups is 1. The Morgan fingerprint density at radius 1 is 1.13 bits per heavy atom. The summed E-state index contributed by atoms with van der Waals surface area (Å²) in [6.45, 7) is 0. The lowest BCUT2D eigenvalue weighted by atomic mass is 9.85. The van der Waals surface area contributed by atoms with Crippen LogP contribution in [-0.4, -0.2) is 39.8 Å². The molecule has 0 saturated heterocycles. The van der Waals surface area contributed by atoms with Crippen LogP contribution in [0.5, 0.6) is 11.5 Å². The summed E-state index contributed by atoms with van der Waals surface area (Å²) in [6, 6.07) is 9.07. The average Bonchev–Trinajstić information content (AvgIpc) is 3.22. The van der Waals surface area contributed by atoms with Gasteiger partial charge in [-0.2, -0.15) is 4.98 Å². The van der Waals surface area contributed by atoms with E-state index < -0.39 is 0 Å². The molecule has 0 amide bonds. The number of methoxy groups -OCH3 is 2. The minimum absolute atomic E-state index is 0.132. The van der Waals surface area contributed by atoms with E-state index in [1.165, 1.54) is 0 Å². The van der Waals surface area contributed by atoms with Gasteiger partial charge in [0.05, 0.1) is 14.2 Å². The SMILES string of the molecule is COc1ccc(C2C3=C(CCCC3=O)Nc3nc(-c4cccnc4)nn32)cc1OC. The molecule has 1 aliphatic heterocycles. The summed E-state index contributed by atoms with van der Waals surface area (Å²) in [5.41, 5.74) is 3.37. The highest BCUT2D eigenvalue weighted by molar-refractivity contribution is 5.99. The van der Waals surface area contributed by atoms with Crippen molar-refractivity contribution in [3.8, 4) is 22.9 Å². The predicted octanol–water partition coefficient (Wildman–Crippen LogP) is 3.38. The molecule has 0 spiro atoms. The molecule has 30 heavy (non-hydrogen) atoms. The van der Waals surface area contributed by atoms with Crippen molar-refractivity contribution in [2.45, 2.75) is 25.3 Å². The number of ketones is 1. The first-order valence-electron chi connectivity index (χ1n) is 9.81. The van der Waals surface area contributed by atoms with Gasteiger partial charge in [0, 0.05) is 35.6 Å². The van der Waals surface area contributed by atoms with Crippen molar-refractivity contribution < 1.29 is 14.3 Å². The fourth-order valence-corrected chi connectivity index (χ4v) is 4.10. The summed E-state index contributed by atoms with van der Waals surface area (Å²) in [7, 11) is 3.20. The molecule has 1 N–H and O–H groups in total. The first-order valence-corrected chi connectivity index (χ1v) is 9.81. The molecule has 2 aliphatic rings. The van der Waals surface area contributed by atoms with E-state index in [9.17, 15) is 4.79 Å². The number of rotatable bonds is 4. The standard InChI is InChI=1S/C22H21N5O3/c1-29-17-9-8-13(11-18(17)30-2)20-19-15(6-3-7-16(19)28)24-22-25-21(26-27(20)22)14-5-4-10-23-12-14/h4-5,8-12,20H,3,6-7H2,1-2H3,(H,24,25,26). The van der Waals surface area contributed by atoms with Crippen LogP contribution in [0.1, 0.15) is 30.9 Å². The summed E-state index contributed by atoms with van der Waals surface area (Å²) in [6.07, 6.45) is 5.60. The molecular weight excluding hydrogens is 382 g/mol. The van der Waals surface area contributed by atoms with Crippen molar-refractivity contribution in [2.24, 2.45) is 0 Å². The minimum Gasteiger partial charge on any atom is -0.493 e.